The number of rotatable bonds is 3. The van der Waals surface area contributed by atoms with Crippen LogP contribution in [0.2, 0.25) is 0 Å². The maximum atomic E-state index is 3.58. The van der Waals surface area contributed by atoms with Crippen LogP contribution < -0.4 is 5.32 Å². The second-order valence-electron chi connectivity index (χ2n) is 4.74. The summed E-state index contributed by atoms with van der Waals surface area (Å²) in [5, 5.41) is 3.58. The molecule has 2 nitrogen and oxygen atoms in total. The van der Waals surface area contributed by atoms with Crippen molar-refractivity contribution in [1.29, 1.82) is 0 Å². The van der Waals surface area contributed by atoms with Gasteiger partial charge in [-0.1, -0.05) is 18.2 Å². The van der Waals surface area contributed by atoms with Gasteiger partial charge in [0, 0.05) is 24.3 Å². The molecule has 15 heavy (non-hydrogen) atoms. The molecule has 1 aromatic carbocycles. The Morgan fingerprint density at radius 3 is 2.80 bits per heavy atom. The molecular weight excluding hydrogens is 184 g/mol. The molecule has 0 saturated carbocycles. The molecule has 0 radical (unpaired) electrons. The summed E-state index contributed by atoms with van der Waals surface area (Å²) in [7, 11) is 2.19. The zero-order chi connectivity index (χ0) is 10.8. The first-order valence-electron chi connectivity index (χ1n) is 5.71. The van der Waals surface area contributed by atoms with E-state index in [1.807, 2.05) is 0 Å². The molecule has 82 valence electrons. The van der Waals surface area contributed by atoms with E-state index in [2.05, 4.69) is 55.4 Å². The summed E-state index contributed by atoms with van der Waals surface area (Å²) in [5.41, 5.74) is 2.78. The largest absolute Gasteiger partial charge is 0.380 e. The monoisotopic (exact) mass is 204 g/mol. The van der Waals surface area contributed by atoms with Gasteiger partial charge in [-0.15, -0.1) is 0 Å². The van der Waals surface area contributed by atoms with Crippen LogP contribution in [0, 0.1) is 0 Å². The summed E-state index contributed by atoms with van der Waals surface area (Å²) >= 11 is 0. The van der Waals surface area contributed by atoms with Gasteiger partial charge in [0.05, 0.1) is 0 Å². The number of benzene rings is 1. The second-order valence-corrected chi connectivity index (χ2v) is 4.74. The van der Waals surface area contributed by atoms with Crippen LogP contribution in [0.15, 0.2) is 24.3 Å². The van der Waals surface area contributed by atoms with Gasteiger partial charge < -0.3 is 10.2 Å². The van der Waals surface area contributed by atoms with E-state index in [-0.39, 0.29) is 0 Å². The Kier molecular flexibility index (Phi) is 2.96. The molecule has 1 N–H and O–H groups in total. The highest BCUT2D eigenvalue weighted by Gasteiger charge is 2.21. The molecule has 0 aliphatic carbocycles. The van der Waals surface area contributed by atoms with Gasteiger partial charge in [0.2, 0.25) is 0 Å². The molecule has 0 fully saturated rings. The van der Waals surface area contributed by atoms with E-state index >= 15 is 0 Å². The average Bonchev–Trinajstić information content (AvgIpc) is 2.59. The number of hydrogen-bond donors (Lipinski definition) is 1. The van der Waals surface area contributed by atoms with Crippen LogP contribution in [-0.2, 0) is 6.42 Å². The van der Waals surface area contributed by atoms with Crippen molar-refractivity contribution in [2.24, 2.45) is 0 Å². The molecule has 1 aliphatic heterocycles. The third-order valence-electron chi connectivity index (χ3n) is 3.23. The number of likely N-dealkylation sites (N-methyl/N-ethyl adjacent to an activating group) is 1. The minimum atomic E-state index is 0.579. The first kappa shape index (κ1) is 10.5. The number of para-hydroxylation sites is 1. The fraction of sp³-hybridized carbons (Fsp3) is 0.538. The number of hydrogen-bond acceptors (Lipinski definition) is 2. The van der Waals surface area contributed by atoms with E-state index < -0.39 is 0 Å². The molecule has 1 heterocycles. The SMILES string of the molecule is CC(C)N(C)CC1Cc2ccccc2N1. The van der Waals surface area contributed by atoms with Crippen molar-refractivity contribution in [3.8, 4) is 0 Å². The Labute approximate surface area is 92.3 Å². The fourth-order valence-corrected chi connectivity index (χ4v) is 2.04. The zero-order valence-electron chi connectivity index (χ0n) is 9.83. The Bertz CT molecular complexity index is 308. The van der Waals surface area contributed by atoms with Crippen molar-refractivity contribution in [2.45, 2.75) is 32.4 Å². The van der Waals surface area contributed by atoms with E-state index in [4.69, 9.17) is 0 Å². The molecule has 0 saturated heterocycles. The van der Waals surface area contributed by atoms with E-state index in [0.29, 0.717) is 12.1 Å². The first-order chi connectivity index (χ1) is 7.16. The van der Waals surface area contributed by atoms with Crippen molar-refractivity contribution in [1.82, 2.24) is 4.90 Å². The van der Waals surface area contributed by atoms with Crippen LogP contribution in [0.5, 0.6) is 0 Å². The lowest BCUT2D eigenvalue weighted by Crippen LogP contribution is -2.37. The molecule has 0 amide bonds. The van der Waals surface area contributed by atoms with Gasteiger partial charge in [-0.05, 0) is 38.9 Å². The second kappa shape index (κ2) is 4.23. The summed E-state index contributed by atoms with van der Waals surface area (Å²) in [6.45, 7) is 5.59. The Hall–Kier alpha value is -1.02. The van der Waals surface area contributed by atoms with Crippen molar-refractivity contribution in [3.05, 3.63) is 29.8 Å². The molecule has 0 aromatic heterocycles. The van der Waals surface area contributed by atoms with E-state index in [9.17, 15) is 0 Å². The fourth-order valence-electron chi connectivity index (χ4n) is 2.04. The van der Waals surface area contributed by atoms with Crippen LogP contribution >= 0.6 is 0 Å². The standard InChI is InChI=1S/C13H20N2/c1-10(2)15(3)9-12-8-11-6-4-5-7-13(11)14-12/h4-7,10,12,14H,8-9H2,1-3H3. The van der Waals surface area contributed by atoms with Gasteiger partial charge in [0.15, 0.2) is 0 Å². The third-order valence-corrected chi connectivity index (χ3v) is 3.23. The number of fused-ring (bicyclic) bond motifs is 1. The summed E-state index contributed by atoms with van der Waals surface area (Å²) in [4.78, 5) is 2.39. The Morgan fingerprint density at radius 2 is 2.13 bits per heavy atom. The minimum absolute atomic E-state index is 0.579. The molecule has 1 atom stereocenters. The van der Waals surface area contributed by atoms with Gasteiger partial charge in [0.25, 0.3) is 0 Å². The van der Waals surface area contributed by atoms with Gasteiger partial charge in [-0.3, -0.25) is 0 Å². The minimum Gasteiger partial charge on any atom is -0.380 e. The first-order valence-corrected chi connectivity index (χ1v) is 5.71. The van der Waals surface area contributed by atoms with Gasteiger partial charge in [-0.25, -0.2) is 0 Å². The van der Waals surface area contributed by atoms with Crippen LogP contribution in [0.25, 0.3) is 0 Å². The van der Waals surface area contributed by atoms with Gasteiger partial charge in [-0.2, -0.15) is 0 Å². The number of nitrogens with one attached hydrogen (secondary N) is 1. The van der Waals surface area contributed by atoms with Crippen molar-refractivity contribution >= 4 is 5.69 Å². The molecule has 2 rings (SSSR count). The lowest BCUT2D eigenvalue weighted by atomic mass is 10.1. The number of nitrogens with zero attached hydrogens (tertiary/aromatic N) is 1. The van der Waals surface area contributed by atoms with Crippen molar-refractivity contribution in [3.63, 3.8) is 0 Å². The highest BCUT2D eigenvalue weighted by Crippen LogP contribution is 2.25. The quantitative estimate of drug-likeness (QED) is 0.813. The molecule has 1 aliphatic rings. The highest BCUT2D eigenvalue weighted by atomic mass is 15.1. The lowest BCUT2D eigenvalue weighted by Gasteiger charge is -2.24. The van der Waals surface area contributed by atoms with Crippen molar-refractivity contribution in [2.75, 3.05) is 18.9 Å². The van der Waals surface area contributed by atoms with E-state index in [0.717, 1.165) is 13.0 Å². The third kappa shape index (κ3) is 2.32. The summed E-state index contributed by atoms with van der Waals surface area (Å²) in [6.07, 6.45) is 1.16. The van der Waals surface area contributed by atoms with Crippen LogP contribution in [-0.4, -0.2) is 30.6 Å². The molecule has 0 spiro atoms. The lowest BCUT2D eigenvalue weighted by molar-refractivity contribution is 0.263. The molecule has 0 bridgehead atoms. The predicted octanol–water partition coefficient (Wildman–Crippen LogP) is 2.36. The molecule has 2 heteroatoms. The predicted molar refractivity (Wildman–Crippen MR) is 65.3 cm³/mol. The van der Waals surface area contributed by atoms with E-state index in [1.54, 1.807) is 0 Å². The zero-order valence-corrected chi connectivity index (χ0v) is 9.83. The average molecular weight is 204 g/mol. The van der Waals surface area contributed by atoms with Crippen molar-refractivity contribution < 1.29 is 0 Å². The molecule has 1 unspecified atom stereocenters. The topological polar surface area (TPSA) is 15.3 Å². The smallest absolute Gasteiger partial charge is 0.0429 e. The number of anilines is 1. The summed E-state index contributed by atoms with van der Waals surface area (Å²) in [5.74, 6) is 0. The van der Waals surface area contributed by atoms with Crippen LogP contribution in [0.1, 0.15) is 19.4 Å². The van der Waals surface area contributed by atoms with E-state index in [1.165, 1.54) is 11.3 Å². The summed E-state index contributed by atoms with van der Waals surface area (Å²) < 4.78 is 0. The summed E-state index contributed by atoms with van der Waals surface area (Å²) in [6, 6.07) is 9.81. The Balaban J connectivity index is 1.96. The van der Waals surface area contributed by atoms with Gasteiger partial charge in [0.1, 0.15) is 0 Å². The Morgan fingerprint density at radius 1 is 1.40 bits per heavy atom. The highest BCUT2D eigenvalue weighted by molar-refractivity contribution is 5.56. The molecule has 1 aromatic rings. The maximum Gasteiger partial charge on any atom is 0.0429 e. The van der Waals surface area contributed by atoms with Crippen LogP contribution in [0.4, 0.5) is 5.69 Å². The normalized spacial score (nSPS) is 19.4. The molecular formula is C13H20N2. The maximum absolute atomic E-state index is 3.58. The van der Waals surface area contributed by atoms with Crippen LogP contribution in [0.3, 0.4) is 0 Å². The van der Waals surface area contributed by atoms with Gasteiger partial charge >= 0.3 is 0 Å².